The molecule has 1 amide bonds. The van der Waals surface area contributed by atoms with Gasteiger partial charge in [-0.2, -0.15) is 0 Å². The Hall–Kier alpha value is -3.15. The second kappa shape index (κ2) is 5.92. The smallest absolute Gasteiger partial charge is 0.271 e. The van der Waals surface area contributed by atoms with E-state index in [1.165, 1.54) is 12.1 Å². The van der Waals surface area contributed by atoms with E-state index in [4.69, 9.17) is 0 Å². The number of carbonyl (C=O) groups excluding carboxylic acids is 1. The van der Waals surface area contributed by atoms with E-state index in [9.17, 15) is 14.9 Å². The number of benzene rings is 2. The van der Waals surface area contributed by atoms with Crippen LogP contribution in [0.1, 0.15) is 5.56 Å². The lowest BCUT2D eigenvalue weighted by atomic mass is 10.2. The average molecular weight is 309 g/mol. The second-order valence-electron chi connectivity index (χ2n) is 5.31. The first kappa shape index (κ1) is 14.8. The summed E-state index contributed by atoms with van der Waals surface area (Å²) >= 11 is 0. The number of aromatic nitrogens is 1. The van der Waals surface area contributed by atoms with Gasteiger partial charge in [0, 0.05) is 23.8 Å². The van der Waals surface area contributed by atoms with Crippen LogP contribution in [0.15, 0.2) is 54.7 Å². The summed E-state index contributed by atoms with van der Waals surface area (Å²) in [5, 5.41) is 14.6. The summed E-state index contributed by atoms with van der Waals surface area (Å²) in [5.74, 6) is -0.227. The van der Waals surface area contributed by atoms with Crippen LogP contribution in [0.5, 0.6) is 0 Å². The molecule has 0 bridgehead atoms. The molecule has 6 heteroatoms. The summed E-state index contributed by atoms with van der Waals surface area (Å²) in [6, 6.07) is 14.2. The fourth-order valence-corrected chi connectivity index (χ4v) is 2.48. The molecule has 0 aliphatic carbocycles. The van der Waals surface area contributed by atoms with E-state index < -0.39 is 4.92 Å². The standard InChI is InChI=1S/C17H15N3O3/c1-12-6-7-14(20(22)23)10-15(12)18-17(21)11-19-9-8-13-4-2-3-5-16(13)19/h2-10H,11H2,1H3,(H,18,21). The summed E-state index contributed by atoms with van der Waals surface area (Å²) in [5.41, 5.74) is 2.16. The highest BCUT2D eigenvalue weighted by atomic mass is 16.6. The van der Waals surface area contributed by atoms with Crippen molar-refractivity contribution in [1.82, 2.24) is 4.57 Å². The quantitative estimate of drug-likeness (QED) is 0.592. The number of para-hydroxylation sites is 1. The number of amides is 1. The molecule has 6 nitrogen and oxygen atoms in total. The molecule has 1 aromatic heterocycles. The highest BCUT2D eigenvalue weighted by Crippen LogP contribution is 2.22. The van der Waals surface area contributed by atoms with E-state index in [-0.39, 0.29) is 18.1 Å². The third-order valence-electron chi connectivity index (χ3n) is 3.70. The number of aryl methyl sites for hydroxylation is 1. The van der Waals surface area contributed by atoms with Crippen LogP contribution in [-0.4, -0.2) is 15.4 Å². The maximum atomic E-state index is 12.3. The van der Waals surface area contributed by atoms with Gasteiger partial charge in [0.1, 0.15) is 6.54 Å². The first-order valence-electron chi connectivity index (χ1n) is 7.13. The molecule has 1 heterocycles. The van der Waals surface area contributed by atoms with Gasteiger partial charge in [-0.3, -0.25) is 14.9 Å². The molecule has 0 radical (unpaired) electrons. The highest BCUT2D eigenvalue weighted by molar-refractivity contribution is 5.93. The van der Waals surface area contributed by atoms with E-state index >= 15 is 0 Å². The Labute approximate surface area is 132 Å². The number of hydrogen-bond donors (Lipinski definition) is 1. The van der Waals surface area contributed by atoms with Crippen LogP contribution < -0.4 is 5.32 Å². The number of hydrogen-bond acceptors (Lipinski definition) is 3. The van der Waals surface area contributed by atoms with Gasteiger partial charge in [-0.05, 0) is 30.0 Å². The van der Waals surface area contributed by atoms with Gasteiger partial charge < -0.3 is 9.88 Å². The minimum Gasteiger partial charge on any atom is -0.338 e. The van der Waals surface area contributed by atoms with Gasteiger partial charge in [0.25, 0.3) is 5.69 Å². The van der Waals surface area contributed by atoms with E-state index in [1.54, 1.807) is 13.0 Å². The van der Waals surface area contributed by atoms with E-state index in [2.05, 4.69) is 5.32 Å². The molecule has 0 saturated heterocycles. The number of nitrogens with zero attached hydrogens (tertiary/aromatic N) is 2. The normalized spacial score (nSPS) is 10.7. The molecule has 2 aromatic carbocycles. The Morgan fingerprint density at radius 2 is 2.00 bits per heavy atom. The Bertz CT molecular complexity index is 899. The zero-order valence-corrected chi connectivity index (χ0v) is 12.5. The van der Waals surface area contributed by atoms with E-state index in [0.29, 0.717) is 5.69 Å². The molecule has 23 heavy (non-hydrogen) atoms. The van der Waals surface area contributed by atoms with Gasteiger partial charge in [0.15, 0.2) is 0 Å². The lowest BCUT2D eigenvalue weighted by molar-refractivity contribution is -0.384. The van der Waals surface area contributed by atoms with Crippen molar-refractivity contribution in [3.63, 3.8) is 0 Å². The number of carbonyl (C=O) groups is 1. The average Bonchev–Trinajstić information content (AvgIpc) is 2.92. The predicted molar refractivity (Wildman–Crippen MR) is 88.4 cm³/mol. The van der Waals surface area contributed by atoms with Crippen molar-refractivity contribution in [3.05, 3.63) is 70.4 Å². The van der Waals surface area contributed by atoms with Crippen LogP contribution in [0.25, 0.3) is 10.9 Å². The van der Waals surface area contributed by atoms with Crippen molar-refractivity contribution in [2.45, 2.75) is 13.5 Å². The zero-order chi connectivity index (χ0) is 16.4. The molecule has 0 unspecified atom stereocenters. The summed E-state index contributed by atoms with van der Waals surface area (Å²) in [6.07, 6.45) is 1.85. The topological polar surface area (TPSA) is 77.2 Å². The van der Waals surface area contributed by atoms with E-state index in [1.807, 2.05) is 41.1 Å². The molecular weight excluding hydrogens is 294 g/mol. The lowest BCUT2D eigenvalue weighted by Crippen LogP contribution is -2.18. The number of nitrogens with one attached hydrogen (secondary N) is 1. The van der Waals surface area contributed by atoms with Gasteiger partial charge in [0.2, 0.25) is 5.91 Å². The fraction of sp³-hybridized carbons (Fsp3) is 0.118. The second-order valence-corrected chi connectivity index (χ2v) is 5.31. The molecule has 0 saturated carbocycles. The van der Waals surface area contributed by atoms with Crippen LogP contribution >= 0.6 is 0 Å². The summed E-state index contributed by atoms with van der Waals surface area (Å²) in [7, 11) is 0. The summed E-state index contributed by atoms with van der Waals surface area (Å²) in [4.78, 5) is 22.6. The number of nitro benzene ring substituents is 1. The van der Waals surface area contributed by atoms with Crippen molar-refractivity contribution in [3.8, 4) is 0 Å². The maximum absolute atomic E-state index is 12.3. The predicted octanol–water partition coefficient (Wildman–Crippen LogP) is 3.50. The molecule has 1 N–H and O–H groups in total. The molecule has 0 fully saturated rings. The number of anilines is 1. The van der Waals surface area contributed by atoms with Gasteiger partial charge in [-0.1, -0.05) is 24.3 Å². The van der Waals surface area contributed by atoms with Crippen molar-refractivity contribution in [2.24, 2.45) is 0 Å². The number of rotatable bonds is 4. The Morgan fingerprint density at radius 1 is 1.22 bits per heavy atom. The SMILES string of the molecule is Cc1ccc([N+](=O)[O-])cc1NC(=O)Cn1ccc2ccccc21. The van der Waals surface area contributed by atoms with Gasteiger partial charge in [0.05, 0.1) is 10.6 Å². The van der Waals surface area contributed by atoms with Crippen LogP contribution in [0.2, 0.25) is 0 Å². The zero-order valence-electron chi connectivity index (χ0n) is 12.5. The molecule has 0 aliphatic heterocycles. The number of nitro groups is 1. The maximum Gasteiger partial charge on any atom is 0.271 e. The summed E-state index contributed by atoms with van der Waals surface area (Å²) in [6.45, 7) is 1.94. The van der Waals surface area contributed by atoms with Crippen molar-refractivity contribution >= 4 is 28.2 Å². The van der Waals surface area contributed by atoms with Crippen molar-refractivity contribution < 1.29 is 9.72 Å². The minimum absolute atomic E-state index is 0.0442. The van der Waals surface area contributed by atoms with Crippen molar-refractivity contribution in [2.75, 3.05) is 5.32 Å². The molecule has 0 aliphatic rings. The fourth-order valence-electron chi connectivity index (χ4n) is 2.48. The van der Waals surface area contributed by atoms with Gasteiger partial charge in [-0.15, -0.1) is 0 Å². The monoisotopic (exact) mass is 309 g/mol. The third-order valence-corrected chi connectivity index (χ3v) is 3.70. The largest absolute Gasteiger partial charge is 0.338 e. The Morgan fingerprint density at radius 3 is 2.78 bits per heavy atom. The molecule has 3 rings (SSSR count). The van der Waals surface area contributed by atoms with Crippen LogP contribution in [0.3, 0.4) is 0 Å². The minimum atomic E-state index is -0.478. The first-order valence-corrected chi connectivity index (χ1v) is 7.13. The summed E-state index contributed by atoms with van der Waals surface area (Å²) < 4.78 is 1.84. The Balaban J connectivity index is 1.80. The Kier molecular flexibility index (Phi) is 3.80. The van der Waals surface area contributed by atoms with Gasteiger partial charge >= 0.3 is 0 Å². The van der Waals surface area contributed by atoms with E-state index in [0.717, 1.165) is 16.5 Å². The molecule has 3 aromatic rings. The van der Waals surface area contributed by atoms with Crippen LogP contribution in [-0.2, 0) is 11.3 Å². The van der Waals surface area contributed by atoms with Crippen LogP contribution in [0.4, 0.5) is 11.4 Å². The third kappa shape index (κ3) is 3.06. The first-order chi connectivity index (χ1) is 11.0. The highest BCUT2D eigenvalue weighted by Gasteiger charge is 2.12. The van der Waals surface area contributed by atoms with Crippen LogP contribution in [0, 0.1) is 17.0 Å². The number of non-ortho nitro benzene ring substituents is 1. The molecule has 0 atom stereocenters. The number of fused-ring (bicyclic) bond motifs is 1. The van der Waals surface area contributed by atoms with Gasteiger partial charge in [-0.25, -0.2) is 0 Å². The lowest BCUT2D eigenvalue weighted by Gasteiger charge is -2.09. The molecule has 0 spiro atoms. The molecule has 116 valence electrons. The molecular formula is C17H15N3O3. The van der Waals surface area contributed by atoms with Crippen molar-refractivity contribution in [1.29, 1.82) is 0 Å².